The minimum Gasteiger partial charge on any atom is -0.306 e. The molecule has 1 aliphatic heterocycles. The first-order valence-corrected chi connectivity index (χ1v) is 9.40. The molecule has 0 spiro atoms. The van der Waals surface area contributed by atoms with Gasteiger partial charge in [-0.15, -0.1) is 11.3 Å². The average molecular weight is 407 g/mol. The Morgan fingerprint density at radius 2 is 2.00 bits per heavy atom. The molecule has 3 heterocycles. The maximum atomic E-state index is 14.0. The Morgan fingerprint density at radius 3 is 2.69 bits per heavy atom. The normalized spacial score (nSPS) is 13.9. The van der Waals surface area contributed by atoms with Crippen molar-refractivity contribution >= 4 is 40.6 Å². The molecular formula is C20H14FN5O2S. The lowest BCUT2D eigenvalue weighted by Gasteiger charge is -2.12. The maximum absolute atomic E-state index is 14.0. The van der Waals surface area contributed by atoms with Crippen LogP contribution in [0.1, 0.15) is 17.3 Å². The Bertz CT molecular complexity index is 1210. The number of nitrogens with zero attached hydrogens (tertiary/aromatic N) is 4. The lowest BCUT2D eigenvalue weighted by molar-refractivity contribution is -0.113. The van der Waals surface area contributed by atoms with Gasteiger partial charge in [-0.1, -0.05) is 24.8 Å². The largest absolute Gasteiger partial charge is 0.306 e. The molecule has 0 bridgehead atoms. The molecule has 1 N–H and O–H groups in total. The highest BCUT2D eigenvalue weighted by atomic mass is 32.1. The predicted molar refractivity (Wildman–Crippen MR) is 110 cm³/mol. The quantitative estimate of drug-likeness (QED) is 0.671. The second-order valence-corrected chi connectivity index (χ2v) is 7.08. The van der Waals surface area contributed by atoms with Crippen molar-refractivity contribution in [2.75, 3.05) is 5.32 Å². The summed E-state index contributed by atoms with van der Waals surface area (Å²) in [5.41, 5.74) is 1.03. The summed E-state index contributed by atoms with van der Waals surface area (Å²) < 4.78 is 15.2. The van der Waals surface area contributed by atoms with Crippen LogP contribution in [0.3, 0.4) is 0 Å². The fraction of sp³-hybridized carbons (Fsp3) is 0.0500. The number of carbonyl (C=O) groups excluding carboxylic acids is 2. The molecule has 0 saturated carbocycles. The molecule has 0 fully saturated rings. The number of benzene rings is 1. The van der Waals surface area contributed by atoms with Gasteiger partial charge in [-0.2, -0.15) is 14.8 Å². The Morgan fingerprint density at radius 1 is 1.21 bits per heavy atom. The Labute approximate surface area is 168 Å². The standard InChI is InChI=1S/C20H14FN5O2S/c1-11-12(2)22-20(24-18(11)27)26-17(10-15(25-26)16-8-5-9-29-16)23-19(28)13-6-3-4-7-14(13)21/h3-10H,1H2,2H3,(H,23,28). The summed E-state index contributed by atoms with van der Waals surface area (Å²) in [5.74, 6) is -1.64. The fourth-order valence-corrected chi connectivity index (χ4v) is 3.33. The van der Waals surface area contributed by atoms with Crippen molar-refractivity contribution in [2.45, 2.75) is 6.92 Å². The highest BCUT2D eigenvalue weighted by Crippen LogP contribution is 2.27. The first kappa shape index (κ1) is 18.6. The molecule has 1 aromatic carbocycles. The lowest BCUT2D eigenvalue weighted by atomic mass is 10.2. The van der Waals surface area contributed by atoms with Crippen molar-refractivity contribution in [3.63, 3.8) is 0 Å². The zero-order chi connectivity index (χ0) is 20.5. The summed E-state index contributed by atoms with van der Waals surface area (Å²) in [5, 5.41) is 8.96. The van der Waals surface area contributed by atoms with Crippen LogP contribution in [-0.2, 0) is 4.79 Å². The van der Waals surface area contributed by atoms with E-state index in [2.05, 4.69) is 27.0 Å². The van der Waals surface area contributed by atoms with Gasteiger partial charge in [-0.05, 0) is 30.5 Å². The second-order valence-electron chi connectivity index (χ2n) is 6.13. The van der Waals surface area contributed by atoms with Gasteiger partial charge < -0.3 is 5.32 Å². The molecule has 0 atom stereocenters. The SMILES string of the molecule is C=C1C(=O)N=C(n2nc(-c3cccs3)cc2NC(=O)c2ccccc2F)N=C1C. The van der Waals surface area contributed by atoms with Gasteiger partial charge >= 0.3 is 0 Å². The van der Waals surface area contributed by atoms with E-state index >= 15 is 0 Å². The van der Waals surface area contributed by atoms with Crippen molar-refractivity contribution in [1.29, 1.82) is 0 Å². The van der Waals surface area contributed by atoms with Crippen LogP contribution in [0.5, 0.6) is 0 Å². The number of aliphatic imine (C=N–C) groups is 2. The summed E-state index contributed by atoms with van der Waals surface area (Å²) in [4.78, 5) is 33.7. The summed E-state index contributed by atoms with van der Waals surface area (Å²) in [6.45, 7) is 5.28. The number of aromatic nitrogens is 2. The molecule has 144 valence electrons. The van der Waals surface area contributed by atoms with Gasteiger partial charge in [0.15, 0.2) is 0 Å². The number of hydrogen-bond acceptors (Lipinski definition) is 5. The molecule has 0 saturated heterocycles. The van der Waals surface area contributed by atoms with Crippen molar-refractivity contribution in [3.05, 3.63) is 71.4 Å². The molecule has 9 heteroatoms. The van der Waals surface area contributed by atoms with E-state index in [9.17, 15) is 14.0 Å². The number of nitrogens with one attached hydrogen (secondary N) is 1. The van der Waals surface area contributed by atoms with Crippen LogP contribution in [-0.4, -0.2) is 33.3 Å². The Kier molecular flexibility index (Phi) is 4.73. The monoisotopic (exact) mass is 407 g/mol. The Hall–Kier alpha value is -3.72. The maximum Gasteiger partial charge on any atom is 0.281 e. The number of amides is 2. The first-order valence-electron chi connectivity index (χ1n) is 8.52. The van der Waals surface area contributed by atoms with E-state index in [0.717, 1.165) is 4.88 Å². The topological polar surface area (TPSA) is 88.7 Å². The number of thiophene rings is 1. The molecular weight excluding hydrogens is 393 g/mol. The van der Waals surface area contributed by atoms with E-state index in [1.165, 1.54) is 34.2 Å². The summed E-state index contributed by atoms with van der Waals surface area (Å²) in [7, 11) is 0. The molecule has 29 heavy (non-hydrogen) atoms. The first-order chi connectivity index (χ1) is 13.9. The van der Waals surface area contributed by atoms with Crippen LogP contribution in [0, 0.1) is 5.82 Å². The highest BCUT2D eigenvalue weighted by Gasteiger charge is 2.23. The summed E-state index contributed by atoms with van der Waals surface area (Å²) in [6.07, 6.45) is 0. The minimum atomic E-state index is -0.658. The lowest BCUT2D eigenvalue weighted by Crippen LogP contribution is -2.25. The van der Waals surface area contributed by atoms with Crippen molar-refractivity contribution < 1.29 is 14.0 Å². The van der Waals surface area contributed by atoms with E-state index in [4.69, 9.17) is 0 Å². The van der Waals surface area contributed by atoms with E-state index in [-0.39, 0.29) is 22.9 Å². The number of halogens is 1. The van der Waals surface area contributed by atoms with E-state index in [0.29, 0.717) is 11.4 Å². The zero-order valence-corrected chi connectivity index (χ0v) is 16.0. The smallest absolute Gasteiger partial charge is 0.281 e. The van der Waals surface area contributed by atoms with Gasteiger partial charge in [0.2, 0.25) is 0 Å². The van der Waals surface area contributed by atoms with Gasteiger partial charge in [-0.3, -0.25) is 9.59 Å². The number of anilines is 1. The van der Waals surface area contributed by atoms with Gasteiger partial charge in [0.05, 0.1) is 21.7 Å². The van der Waals surface area contributed by atoms with Gasteiger partial charge in [0.25, 0.3) is 17.8 Å². The van der Waals surface area contributed by atoms with Crippen LogP contribution in [0.2, 0.25) is 0 Å². The van der Waals surface area contributed by atoms with E-state index in [1.807, 2.05) is 17.5 Å². The highest BCUT2D eigenvalue weighted by molar-refractivity contribution is 7.13. The molecule has 1 aliphatic rings. The third-order valence-electron chi connectivity index (χ3n) is 4.20. The molecule has 0 unspecified atom stereocenters. The predicted octanol–water partition coefficient (Wildman–Crippen LogP) is 3.76. The van der Waals surface area contributed by atoms with Crippen LogP contribution in [0.4, 0.5) is 10.2 Å². The second kappa shape index (κ2) is 7.36. The molecule has 3 aromatic rings. The molecule has 4 rings (SSSR count). The zero-order valence-electron chi connectivity index (χ0n) is 15.2. The van der Waals surface area contributed by atoms with Crippen molar-refractivity contribution in [3.8, 4) is 10.6 Å². The Balaban J connectivity index is 1.78. The van der Waals surface area contributed by atoms with E-state index < -0.39 is 17.6 Å². The fourth-order valence-electron chi connectivity index (χ4n) is 2.65. The number of hydrogen-bond donors (Lipinski definition) is 1. The minimum absolute atomic E-state index is 0.00783. The number of carbonyl (C=O) groups is 2. The van der Waals surface area contributed by atoms with Gasteiger partial charge in [0, 0.05) is 6.07 Å². The third-order valence-corrected chi connectivity index (χ3v) is 5.09. The van der Waals surface area contributed by atoms with Crippen molar-refractivity contribution in [2.24, 2.45) is 9.98 Å². The summed E-state index contributed by atoms with van der Waals surface area (Å²) >= 11 is 1.46. The van der Waals surface area contributed by atoms with Crippen LogP contribution in [0.25, 0.3) is 10.6 Å². The molecule has 2 aromatic heterocycles. The molecule has 0 aliphatic carbocycles. The number of rotatable bonds is 3. The van der Waals surface area contributed by atoms with Crippen LogP contribution in [0.15, 0.2) is 70.0 Å². The molecule has 0 radical (unpaired) electrons. The summed E-state index contributed by atoms with van der Waals surface area (Å²) in [6, 6.07) is 11.0. The molecule has 2 amide bonds. The van der Waals surface area contributed by atoms with Gasteiger partial charge in [0.1, 0.15) is 17.3 Å². The van der Waals surface area contributed by atoms with Crippen LogP contribution < -0.4 is 5.32 Å². The van der Waals surface area contributed by atoms with Crippen molar-refractivity contribution in [1.82, 2.24) is 9.78 Å². The molecule has 7 nitrogen and oxygen atoms in total. The van der Waals surface area contributed by atoms with Gasteiger partial charge in [-0.25, -0.2) is 9.38 Å². The third kappa shape index (κ3) is 3.55. The van der Waals surface area contributed by atoms with E-state index in [1.54, 1.807) is 19.1 Å². The average Bonchev–Trinajstić information content (AvgIpc) is 3.36. The van der Waals surface area contributed by atoms with Crippen LogP contribution >= 0.6 is 11.3 Å².